The number of nitrogens with zero attached hydrogens (tertiary/aromatic N) is 1. The Morgan fingerprint density at radius 2 is 1.79 bits per heavy atom. The molecule has 2 rings (SSSR count). The highest BCUT2D eigenvalue weighted by Crippen LogP contribution is 2.31. The molecule has 0 saturated carbocycles. The van der Waals surface area contributed by atoms with Crippen LogP contribution in [0.2, 0.25) is 0 Å². The summed E-state index contributed by atoms with van der Waals surface area (Å²) < 4.78 is 5.59. The van der Waals surface area contributed by atoms with E-state index in [1.165, 1.54) is 0 Å². The van der Waals surface area contributed by atoms with Gasteiger partial charge in [-0.25, -0.2) is 4.79 Å². The van der Waals surface area contributed by atoms with Crippen LogP contribution in [0.5, 0.6) is 0 Å². The van der Waals surface area contributed by atoms with Crippen molar-refractivity contribution in [2.45, 2.75) is 89.5 Å². The second kappa shape index (κ2) is 12.6. The molecule has 162 valence electrons. The second-order valence-electron chi connectivity index (χ2n) is 8.05. The van der Waals surface area contributed by atoms with Gasteiger partial charge < -0.3 is 24.6 Å². The average molecular weight is 406 g/mol. The lowest BCUT2D eigenvalue weighted by Crippen LogP contribution is -2.41. The van der Waals surface area contributed by atoms with Gasteiger partial charge in [0.05, 0.1) is 12.7 Å². The van der Waals surface area contributed by atoms with E-state index in [2.05, 4.69) is 0 Å². The van der Waals surface area contributed by atoms with Gasteiger partial charge in [0, 0.05) is 18.5 Å². The van der Waals surface area contributed by atoms with Crippen LogP contribution in [0, 0.1) is 0 Å². The molecule has 1 fully saturated rings. The van der Waals surface area contributed by atoms with E-state index >= 15 is 0 Å². The van der Waals surface area contributed by atoms with Crippen LogP contribution in [0.1, 0.15) is 70.3 Å². The Hall–Kier alpha value is -1.92. The minimum absolute atomic E-state index is 0.0587. The molecule has 1 aromatic rings. The largest absolute Gasteiger partial charge is 0.445 e. The van der Waals surface area contributed by atoms with Crippen LogP contribution in [0.15, 0.2) is 30.3 Å². The summed E-state index contributed by atoms with van der Waals surface area (Å²) in [6, 6.07) is 9.84. The molecule has 0 unspecified atom stereocenters. The first kappa shape index (κ1) is 23.4. The smallest absolute Gasteiger partial charge is 0.410 e. The third kappa shape index (κ3) is 8.15. The number of amides is 1. The first-order valence-electron chi connectivity index (χ1n) is 10.8. The molecule has 1 aliphatic rings. The molecule has 29 heavy (non-hydrogen) atoms. The predicted molar refractivity (Wildman–Crippen MR) is 111 cm³/mol. The van der Waals surface area contributed by atoms with Gasteiger partial charge in [0.2, 0.25) is 0 Å². The number of hydrogen-bond acceptors (Lipinski definition) is 5. The number of Topliss-reactive ketones (excluding diaryl/α,β-unsaturated/α-hetero) is 1. The van der Waals surface area contributed by atoms with Crippen LogP contribution in [-0.2, 0) is 16.1 Å². The molecule has 1 amide bonds. The van der Waals surface area contributed by atoms with Crippen molar-refractivity contribution in [1.29, 1.82) is 0 Å². The number of ketones is 1. The van der Waals surface area contributed by atoms with E-state index < -0.39 is 6.10 Å². The third-order valence-electron chi connectivity index (χ3n) is 5.65. The summed E-state index contributed by atoms with van der Waals surface area (Å²) in [6.07, 6.45) is 6.36. The van der Waals surface area contributed by atoms with Crippen molar-refractivity contribution in [3.63, 3.8) is 0 Å². The Labute approximate surface area is 173 Å². The Kier molecular flexibility index (Phi) is 10.2. The van der Waals surface area contributed by atoms with Gasteiger partial charge >= 0.3 is 6.09 Å². The molecule has 3 atom stereocenters. The average Bonchev–Trinajstić information content (AvgIpc) is 3.13. The molecule has 0 bridgehead atoms. The fourth-order valence-corrected chi connectivity index (χ4v) is 4.02. The number of carbonyl (C=O) groups excluding carboxylic acids is 2. The number of ether oxygens (including phenoxy) is 1. The molecule has 6 nitrogen and oxygen atoms in total. The topological polar surface area (TPSA) is 87.1 Å². The van der Waals surface area contributed by atoms with Crippen LogP contribution in [-0.4, -0.2) is 51.8 Å². The molecular formula is C23H35NO5. The number of rotatable bonds is 12. The van der Waals surface area contributed by atoms with Crippen molar-refractivity contribution in [2.75, 3.05) is 6.61 Å². The minimum Gasteiger partial charge on any atom is -0.445 e. The van der Waals surface area contributed by atoms with Crippen LogP contribution in [0.4, 0.5) is 4.79 Å². The summed E-state index contributed by atoms with van der Waals surface area (Å²) in [6.45, 7) is 1.65. The van der Waals surface area contributed by atoms with Crippen molar-refractivity contribution < 1.29 is 24.5 Å². The standard InChI is InChI=1S/C23H35NO5/c1-18(26)12-13-21-15-14-20(10-6-3-7-11-22(27)16-25)24(21)23(28)29-17-19-8-4-2-5-9-19/h2,4-5,8-9,20-22,25,27H,3,6-7,10-17H2,1H3/t20-,21-,22-/m1/s1. The van der Waals surface area contributed by atoms with Gasteiger partial charge in [-0.15, -0.1) is 0 Å². The molecule has 6 heteroatoms. The molecule has 0 aromatic heterocycles. The molecular weight excluding hydrogens is 370 g/mol. The normalized spacial score (nSPS) is 19.9. The van der Waals surface area contributed by atoms with Gasteiger partial charge in [0.25, 0.3) is 0 Å². The third-order valence-corrected chi connectivity index (χ3v) is 5.65. The molecule has 0 aliphatic carbocycles. The summed E-state index contributed by atoms with van der Waals surface area (Å²) in [7, 11) is 0. The number of carbonyl (C=O) groups is 2. The SMILES string of the molecule is CC(=O)CC[C@@H]1CC[C@@H](CCCCC[C@@H](O)CO)N1C(=O)OCc1ccccc1. The van der Waals surface area contributed by atoms with E-state index in [1.54, 1.807) is 6.92 Å². The van der Waals surface area contributed by atoms with E-state index in [1.807, 2.05) is 35.2 Å². The summed E-state index contributed by atoms with van der Waals surface area (Å²) in [5.74, 6) is 0.147. The van der Waals surface area contributed by atoms with Crippen LogP contribution in [0.25, 0.3) is 0 Å². The molecule has 0 spiro atoms. The van der Waals surface area contributed by atoms with Gasteiger partial charge in [0.15, 0.2) is 0 Å². The van der Waals surface area contributed by atoms with Crippen LogP contribution < -0.4 is 0 Å². The number of likely N-dealkylation sites (tertiary alicyclic amines) is 1. The number of unbranched alkanes of at least 4 members (excludes halogenated alkanes) is 2. The highest BCUT2D eigenvalue weighted by Gasteiger charge is 2.37. The summed E-state index contributed by atoms with van der Waals surface area (Å²) >= 11 is 0. The quantitative estimate of drug-likeness (QED) is 0.516. The van der Waals surface area contributed by atoms with E-state index in [0.29, 0.717) is 19.3 Å². The van der Waals surface area contributed by atoms with E-state index in [0.717, 1.165) is 44.1 Å². The maximum Gasteiger partial charge on any atom is 0.410 e. The molecule has 0 radical (unpaired) electrons. The lowest BCUT2D eigenvalue weighted by Gasteiger charge is -2.29. The Balaban J connectivity index is 1.88. The molecule has 1 saturated heterocycles. The van der Waals surface area contributed by atoms with Crippen molar-refractivity contribution in [2.24, 2.45) is 0 Å². The minimum atomic E-state index is -0.637. The van der Waals surface area contributed by atoms with Crippen LogP contribution >= 0.6 is 0 Å². The number of aliphatic hydroxyl groups excluding tert-OH is 2. The molecule has 2 N–H and O–H groups in total. The molecule has 1 aliphatic heterocycles. The highest BCUT2D eigenvalue weighted by atomic mass is 16.6. The van der Waals surface area contributed by atoms with E-state index in [4.69, 9.17) is 9.84 Å². The maximum atomic E-state index is 12.9. The zero-order valence-corrected chi connectivity index (χ0v) is 17.5. The van der Waals surface area contributed by atoms with Gasteiger partial charge in [0.1, 0.15) is 12.4 Å². The first-order valence-corrected chi connectivity index (χ1v) is 10.8. The zero-order chi connectivity index (χ0) is 21.1. The maximum absolute atomic E-state index is 12.9. The van der Waals surface area contributed by atoms with Crippen molar-refractivity contribution in [1.82, 2.24) is 4.90 Å². The first-order chi connectivity index (χ1) is 14.0. The number of hydrogen-bond donors (Lipinski definition) is 2. The number of benzene rings is 1. The van der Waals surface area contributed by atoms with Gasteiger partial charge in [-0.1, -0.05) is 49.6 Å². The Morgan fingerprint density at radius 3 is 2.45 bits per heavy atom. The lowest BCUT2D eigenvalue weighted by molar-refractivity contribution is -0.117. The molecule has 1 aromatic carbocycles. The van der Waals surface area contributed by atoms with Crippen molar-refractivity contribution >= 4 is 11.9 Å². The van der Waals surface area contributed by atoms with E-state index in [-0.39, 0.29) is 37.2 Å². The fourth-order valence-electron chi connectivity index (χ4n) is 4.02. The lowest BCUT2D eigenvalue weighted by atomic mass is 10.0. The second-order valence-corrected chi connectivity index (χ2v) is 8.05. The van der Waals surface area contributed by atoms with Gasteiger partial charge in [-0.05, 0) is 44.6 Å². The monoisotopic (exact) mass is 405 g/mol. The predicted octanol–water partition coefficient (Wildman–Crippen LogP) is 3.83. The van der Waals surface area contributed by atoms with Gasteiger partial charge in [-0.3, -0.25) is 0 Å². The number of aliphatic hydroxyl groups is 2. The molecule has 1 heterocycles. The van der Waals surface area contributed by atoms with Crippen molar-refractivity contribution in [3.8, 4) is 0 Å². The Bertz CT molecular complexity index is 621. The fraction of sp³-hybridized carbons (Fsp3) is 0.652. The summed E-state index contributed by atoms with van der Waals surface area (Å²) in [5, 5.41) is 18.3. The van der Waals surface area contributed by atoms with Crippen molar-refractivity contribution in [3.05, 3.63) is 35.9 Å². The van der Waals surface area contributed by atoms with Gasteiger partial charge in [-0.2, -0.15) is 0 Å². The zero-order valence-electron chi connectivity index (χ0n) is 17.5. The summed E-state index contributed by atoms with van der Waals surface area (Å²) in [4.78, 5) is 26.1. The van der Waals surface area contributed by atoms with E-state index in [9.17, 15) is 14.7 Å². The van der Waals surface area contributed by atoms with Crippen LogP contribution in [0.3, 0.4) is 0 Å². The Morgan fingerprint density at radius 1 is 1.10 bits per heavy atom. The summed E-state index contributed by atoms with van der Waals surface area (Å²) in [5.41, 5.74) is 0.958. The highest BCUT2D eigenvalue weighted by molar-refractivity contribution is 5.75.